The highest BCUT2D eigenvalue weighted by Crippen LogP contribution is 2.18. The van der Waals surface area contributed by atoms with Gasteiger partial charge >= 0.3 is 0 Å². The summed E-state index contributed by atoms with van der Waals surface area (Å²) in [5, 5.41) is 3.52. The molecule has 0 heterocycles. The molecule has 1 aromatic carbocycles. The Balaban J connectivity index is 2.56. The van der Waals surface area contributed by atoms with Crippen molar-refractivity contribution in [1.82, 2.24) is 5.32 Å². The molecule has 0 aliphatic heterocycles. The molecule has 2 nitrogen and oxygen atoms in total. The first kappa shape index (κ1) is 15.1. The second-order valence-corrected chi connectivity index (χ2v) is 4.89. The highest BCUT2D eigenvalue weighted by molar-refractivity contribution is 9.09. The number of halogens is 3. The fraction of sp³-hybridized carbons (Fsp3) is 0.462. The number of hydrogen-bond acceptors (Lipinski definition) is 1. The number of nitrogens with one attached hydrogen (secondary N) is 1. The van der Waals surface area contributed by atoms with Crippen LogP contribution in [0.15, 0.2) is 18.2 Å². The van der Waals surface area contributed by atoms with Gasteiger partial charge < -0.3 is 5.32 Å². The van der Waals surface area contributed by atoms with E-state index in [0.717, 1.165) is 36.4 Å². The van der Waals surface area contributed by atoms with Crippen LogP contribution in [0.3, 0.4) is 0 Å². The molecule has 0 aliphatic carbocycles. The van der Waals surface area contributed by atoms with Crippen LogP contribution in [0, 0.1) is 11.6 Å². The van der Waals surface area contributed by atoms with Gasteiger partial charge in [-0.05, 0) is 38.0 Å². The molecule has 100 valence electrons. The molecule has 1 N–H and O–H groups in total. The van der Waals surface area contributed by atoms with Crippen molar-refractivity contribution >= 4 is 21.8 Å². The van der Waals surface area contributed by atoms with Gasteiger partial charge in [0.25, 0.3) is 0 Å². The molecule has 1 rings (SSSR count). The zero-order valence-corrected chi connectivity index (χ0v) is 11.8. The van der Waals surface area contributed by atoms with Gasteiger partial charge in [0.2, 0.25) is 5.91 Å². The third-order valence-electron chi connectivity index (χ3n) is 2.59. The van der Waals surface area contributed by atoms with Crippen molar-refractivity contribution in [2.24, 2.45) is 0 Å². The minimum atomic E-state index is -0.530. The average molecular weight is 320 g/mol. The van der Waals surface area contributed by atoms with Crippen LogP contribution in [0.5, 0.6) is 0 Å². The van der Waals surface area contributed by atoms with Gasteiger partial charge in [0.05, 0.1) is 6.04 Å². The van der Waals surface area contributed by atoms with Crippen LogP contribution in [0.4, 0.5) is 8.78 Å². The zero-order chi connectivity index (χ0) is 13.5. The number of carbonyl (C=O) groups is 1. The number of carbonyl (C=O) groups excluding carboxylic acids is 1. The SMILES string of the molecule is CC(NC(=O)CCCCBr)c1cc(F)ccc1F. The molecular formula is C13H16BrF2NO. The van der Waals surface area contributed by atoms with Gasteiger partial charge in [-0.3, -0.25) is 4.79 Å². The van der Waals surface area contributed by atoms with Crippen LogP contribution in [-0.2, 0) is 4.79 Å². The van der Waals surface area contributed by atoms with Gasteiger partial charge in [0, 0.05) is 17.3 Å². The number of unbranched alkanes of at least 4 members (excludes halogenated alkanes) is 1. The summed E-state index contributed by atoms with van der Waals surface area (Å²) in [4.78, 5) is 11.6. The Morgan fingerprint density at radius 3 is 2.78 bits per heavy atom. The maximum Gasteiger partial charge on any atom is 0.220 e. The molecule has 0 fully saturated rings. The van der Waals surface area contributed by atoms with Crippen LogP contribution in [-0.4, -0.2) is 11.2 Å². The van der Waals surface area contributed by atoms with Gasteiger partial charge in [0.1, 0.15) is 11.6 Å². The van der Waals surface area contributed by atoms with Crippen LogP contribution in [0.25, 0.3) is 0 Å². The van der Waals surface area contributed by atoms with Crippen molar-refractivity contribution < 1.29 is 13.6 Å². The van der Waals surface area contributed by atoms with Crippen LogP contribution < -0.4 is 5.32 Å². The Morgan fingerprint density at radius 2 is 2.11 bits per heavy atom. The van der Waals surface area contributed by atoms with Gasteiger partial charge in [0.15, 0.2) is 0 Å². The lowest BCUT2D eigenvalue weighted by atomic mass is 10.1. The maximum absolute atomic E-state index is 13.5. The van der Waals surface area contributed by atoms with E-state index in [4.69, 9.17) is 0 Å². The Hall–Kier alpha value is -0.970. The Kier molecular flexibility index (Phi) is 6.25. The van der Waals surface area contributed by atoms with E-state index in [9.17, 15) is 13.6 Å². The average Bonchev–Trinajstić information content (AvgIpc) is 2.32. The third kappa shape index (κ3) is 4.72. The molecule has 0 aliphatic rings. The number of alkyl halides is 1. The third-order valence-corrected chi connectivity index (χ3v) is 3.15. The first-order valence-electron chi connectivity index (χ1n) is 5.85. The molecule has 0 aromatic heterocycles. The van der Waals surface area contributed by atoms with Crippen molar-refractivity contribution in [3.63, 3.8) is 0 Å². The highest BCUT2D eigenvalue weighted by Gasteiger charge is 2.14. The predicted molar refractivity (Wildman–Crippen MR) is 70.6 cm³/mol. The molecule has 1 unspecified atom stereocenters. The van der Waals surface area contributed by atoms with Crippen LogP contribution >= 0.6 is 15.9 Å². The lowest BCUT2D eigenvalue weighted by molar-refractivity contribution is -0.121. The van der Waals surface area contributed by atoms with Crippen molar-refractivity contribution in [3.05, 3.63) is 35.4 Å². The number of hydrogen-bond donors (Lipinski definition) is 1. The minimum absolute atomic E-state index is 0.146. The fourth-order valence-corrected chi connectivity index (χ4v) is 2.01. The Labute approximate surface area is 114 Å². The smallest absolute Gasteiger partial charge is 0.220 e. The summed E-state index contributed by atoms with van der Waals surface area (Å²) in [6, 6.07) is 2.71. The Bertz CT molecular complexity index is 412. The summed E-state index contributed by atoms with van der Waals surface area (Å²) in [6.45, 7) is 1.64. The van der Waals surface area contributed by atoms with E-state index in [1.165, 1.54) is 0 Å². The highest BCUT2D eigenvalue weighted by atomic mass is 79.9. The fourth-order valence-electron chi connectivity index (χ4n) is 1.62. The molecule has 1 atom stereocenters. The molecule has 5 heteroatoms. The zero-order valence-electron chi connectivity index (χ0n) is 10.2. The molecule has 18 heavy (non-hydrogen) atoms. The second-order valence-electron chi connectivity index (χ2n) is 4.10. The Morgan fingerprint density at radius 1 is 1.39 bits per heavy atom. The van der Waals surface area contributed by atoms with E-state index in [1.807, 2.05) is 0 Å². The second kappa shape index (κ2) is 7.46. The lowest BCUT2D eigenvalue weighted by Gasteiger charge is -2.15. The summed E-state index contributed by atoms with van der Waals surface area (Å²) in [5.74, 6) is -1.16. The van der Waals surface area contributed by atoms with Crippen LogP contribution in [0.2, 0.25) is 0 Å². The summed E-state index contributed by atoms with van der Waals surface area (Å²) in [7, 11) is 0. The van der Waals surface area contributed by atoms with E-state index in [0.29, 0.717) is 6.42 Å². The minimum Gasteiger partial charge on any atom is -0.349 e. The molecular weight excluding hydrogens is 304 g/mol. The number of benzene rings is 1. The van der Waals surface area contributed by atoms with E-state index in [1.54, 1.807) is 6.92 Å². The monoisotopic (exact) mass is 319 g/mol. The summed E-state index contributed by atoms with van der Waals surface area (Å²) in [6.07, 6.45) is 2.08. The van der Waals surface area contributed by atoms with E-state index < -0.39 is 17.7 Å². The lowest BCUT2D eigenvalue weighted by Crippen LogP contribution is -2.27. The number of rotatable bonds is 6. The van der Waals surface area contributed by atoms with Gasteiger partial charge in [-0.25, -0.2) is 8.78 Å². The van der Waals surface area contributed by atoms with E-state index >= 15 is 0 Å². The maximum atomic E-state index is 13.5. The largest absolute Gasteiger partial charge is 0.349 e. The standard InChI is InChI=1S/C13H16BrF2NO/c1-9(17-13(18)4-2-3-7-14)11-8-10(15)5-6-12(11)16/h5-6,8-9H,2-4,7H2,1H3,(H,17,18). The van der Waals surface area contributed by atoms with Crippen molar-refractivity contribution in [2.75, 3.05) is 5.33 Å². The molecule has 0 saturated carbocycles. The quantitative estimate of drug-likeness (QED) is 0.628. The molecule has 0 spiro atoms. The van der Waals surface area contributed by atoms with Crippen molar-refractivity contribution in [2.45, 2.75) is 32.2 Å². The molecule has 0 radical (unpaired) electrons. The van der Waals surface area contributed by atoms with Crippen molar-refractivity contribution in [3.8, 4) is 0 Å². The summed E-state index contributed by atoms with van der Waals surface area (Å²) in [5.41, 5.74) is 0.170. The first-order chi connectivity index (χ1) is 8.54. The first-order valence-corrected chi connectivity index (χ1v) is 6.97. The van der Waals surface area contributed by atoms with Crippen molar-refractivity contribution in [1.29, 1.82) is 0 Å². The number of amides is 1. The predicted octanol–water partition coefficient (Wildman–Crippen LogP) is 3.71. The van der Waals surface area contributed by atoms with E-state index in [2.05, 4.69) is 21.2 Å². The topological polar surface area (TPSA) is 29.1 Å². The molecule has 1 amide bonds. The summed E-state index contributed by atoms with van der Waals surface area (Å²) < 4.78 is 26.5. The van der Waals surface area contributed by atoms with Gasteiger partial charge in [-0.2, -0.15) is 0 Å². The normalized spacial score (nSPS) is 12.2. The summed E-state index contributed by atoms with van der Waals surface area (Å²) >= 11 is 3.28. The molecule has 1 aromatic rings. The van der Waals surface area contributed by atoms with Crippen LogP contribution in [0.1, 0.15) is 37.8 Å². The van der Waals surface area contributed by atoms with Gasteiger partial charge in [-0.15, -0.1) is 0 Å². The van der Waals surface area contributed by atoms with Gasteiger partial charge in [-0.1, -0.05) is 15.9 Å². The molecule has 0 saturated heterocycles. The molecule has 0 bridgehead atoms. The van der Waals surface area contributed by atoms with E-state index in [-0.39, 0.29) is 11.5 Å².